The van der Waals surface area contributed by atoms with Gasteiger partial charge in [-0.2, -0.15) is 9.40 Å². The number of carbonyl (C=O) groups excluding carboxylic acids is 1. The minimum atomic E-state index is -3.78. The minimum Gasteiger partial charge on any atom is -0.495 e. The number of hydrogen-bond donors (Lipinski definition) is 1. The standard InChI is InChI=1S/C23H28N4O4S/c1-4-27(5-2)32(29,30)22-15-20(10-11-21(22)31-3)23(28)24-16-18-8-6-9-19(14-18)17-26-13-7-12-25-26/h6-15H,4-5,16-17H2,1-3H3,(H,24,28). The van der Waals surface area contributed by atoms with Crippen LogP contribution < -0.4 is 10.1 Å². The number of nitrogens with one attached hydrogen (secondary N) is 1. The van der Waals surface area contributed by atoms with E-state index in [1.165, 1.54) is 23.5 Å². The first-order valence-electron chi connectivity index (χ1n) is 10.4. The van der Waals surface area contributed by atoms with Crippen molar-refractivity contribution in [1.29, 1.82) is 0 Å². The van der Waals surface area contributed by atoms with Crippen molar-refractivity contribution in [3.8, 4) is 5.75 Å². The average molecular weight is 457 g/mol. The van der Waals surface area contributed by atoms with Crippen molar-refractivity contribution in [3.05, 3.63) is 77.6 Å². The topological polar surface area (TPSA) is 93.5 Å². The molecule has 1 heterocycles. The van der Waals surface area contributed by atoms with Crippen molar-refractivity contribution in [1.82, 2.24) is 19.4 Å². The van der Waals surface area contributed by atoms with Crippen LogP contribution in [-0.4, -0.2) is 48.6 Å². The van der Waals surface area contributed by atoms with Crippen LogP contribution in [0.25, 0.3) is 0 Å². The lowest BCUT2D eigenvalue weighted by Gasteiger charge is -2.20. The number of nitrogens with zero attached hydrogens (tertiary/aromatic N) is 3. The number of hydrogen-bond acceptors (Lipinski definition) is 5. The van der Waals surface area contributed by atoms with Crippen molar-refractivity contribution >= 4 is 15.9 Å². The Kier molecular flexibility index (Phi) is 7.66. The average Bonchev–Trinajstić information content (AvgIpc) is 3.31. The molecule has 1 N–H and O–H groups in total. The third-order valence-corrected chi connectivity index (χ3v) is 7.17. The van der Waals surface area contributed by atoms with Gasteiger partial charge in [-0.1, -0.05) is 38.1 Å². The number of amides is 1. The van der Waals surface area contributed by atoms with E-state index in [1.54, 1.807) is 26.1 Å². The molecule has 2 aromatic carbocycles. The van der Waals surface area contributed by atoms with Crippen LogP contribution in [0.2, 0.25) is 0 Å². The van der Waals surface area contributed by atoms with Gasteiger partial charge in [0.05, 0.1) is 13.7 Å². The normalized spacial score (nSPS) is 11.5. The molecule has 3 rings (SSSR count). The second kappa shape index (κ2) is 10.4. The van der Waals surface area contributed by atoms with Crippen molar-refractivity contribution < 1.29 is 17.9 Å². The summed E-state index contributed by atoms with van der Waals surface area (Å²) in [6.45, 7) is 5.14. The quantitative estimate of drug-likeness (QED) is 0.506. The number of benzene rings is 2. The Balaban J connectivity index is 1.76. The van der Waals surface area contributed by atoms with Crippen LogP contribution in [-0.2, 0) is 23.1 Å². The molecule has 32 heavy (non-hydrogen) atoms. The molecule has 0 saturated carbocycles. The van der Waals surface area contributed by atoms with Crippen LogP contribution in [0.15, 0.2) is 65.8 Å². The predicted molar refractivity (Wildman–Crippen MR) is 122 cm³/mol. The second-order valence-electron chi connectivity index (χ2n) is 7.16. The molecule has 9 heteroatoms. The van der Waals surface area contributed by atoms with E-state index in [2.05, 4.69) is 10.4 Å². The first-order chi connectivity index (χ1) is 15.4. The molecule has 3 aromatic rings. The molecule has 0 atom stereocenters. The zero-order valence-corrected chi connectivity index (χ0v) is 19.3. The number of carbonyl (C=O) groups is 1. The van der Waals surface area contributed by atoms with Crippen molar-refractivity contribution in [2.75, 3.05) is 20.2 Å². The van der Waals surface area contributed by atoms with Gasteiger partial charge in [-0.3, -0.25) is 9.48 Å². The van der Waals surface area contributed by atoms with E-state index in [0.717, 1.165) is 11.1 Å². The first-order valence-corrected chi connectivity index (χ1v) is 11.8. The Morgan fingerprint density at radius 2 is 1.84 bits per heavy atom. The van der Waals surface area contributed by atoms with Crippen molar-refractivity contribution in [2.45, 2.75) is 31.8 Å². The van der Waals surface area contributed by atoms with Gasteiger partial charge in [0.2, 0.25) is 10.0 Å². The van der Waals surface area contributed by atoms with Gasteiger partial charge in [0.1, 0.15) is 10.6 Å². The van der Waals surface area contributed by atoms with E-state index in [1.807, 2.05) is 41.2 Å². The highest BCUT2D eigenvalue weighted by Gasteiger charge is 2.26. The Bertz CT molecular complexity index is 1160. The smallest absolute Gasteiger partial charge is 0.251 e. The summed E-state index contributed by atoms with van der Waals surface area (Å²) in [5.41, 5.74) is 2.26. The third kappa shape index (κ3) is 5.35. The fourth-order valence-electron chi connectivity index (χ4n) is 3.43. The molecule has 0 spiro atoms. The van der Waals surface area contributed by atoms with E-state index >= 15 is 0 Å². The molecule has 0 aliphatic rings. The summed E-state index contributed by atoms with van der Waals surface area (Å²) in [4.78, 5) is 12.8. The maximum absolute atomic E-state index is 13.0. The van der Waals surface area contributed by atoms with Crippen LogP contribution in [0, 0.1) is 0 Å². The minimum absolute atomic E-state index is 0.0161. The Labute approximate surface area is 188 Å². The van der Waals surface area contributed by atoms with Gasteiger partial charge in [0.25, 0.3) is 5.91 Å². The summed E-state index contributed by atoms with van der Waals surface area (Å²) in [5, 5.41) is 7.07. The van der Waals surface area contributed by atoms with Crippen LogP contribution in [0.3, 0.4) is 0 Å². The molecule has 0 aliphatic carbocycles. The molecule has 0 bridgehead atoms. The van der Waals surface area contributed by atoms with Gasteiger partial charge < -0.3 is 10.1 Å². The molecule has 0 aliphatic heterocycles. The number of ether oxygens (including phenoxy) is 1. The van der Waals surface area contributed by atoms with Crippen LogP contribution in [0.1, 0.15) is 35.3 Å². The molecule has 8 nitrogen and oxygen atoms in total. The highest BCUT2D eigenvalue weighted by molar-refractivity contribution is 7.89. The number of methoxy groups -OCH3 is 1. The Morgan fingerprint density at radius 3 is 2.50 bits per heavy atom. The van der Waals surface area contributed by atoms with Crippen LogP contribution in [0.5, 0.6) is 5.75 Å². The molecular formula is C23H28N4O4S. The first kappa shape index (κ1) is 23.5. The Hall–Kier alpha value is -3.17. The van der Waals surface area contributed by atoms with Gasteiger partial charge in [0.15, 0.2) is 0 Å². The fraction of sp³-hybridized carbons (Fsp3) is 0.304. The van der Waals surface area contributed by atoms with E-state index in [0.29, 0.717) is 26.2 Å². The van der Waals surface area contributed by atoms with Crippen LogP contribution in [0.4, 0.5) is 0 Å². The largest absolute Gasteiger partial charge is 0.495 e. The third-order valence-electron chi connectivity index (χ3n) is 5.10. The monoisotopic (exact) mass is 456 g/mol. The highest BCUT2D eigenvalue weighted by Crippen LogP contribution is 2.28. The summed E-state index contributed by atoms with van der Waals surface area (Å²) < 4.78 is 34.4. The van der Waals surface area contributed by atoms with Gasteiger partial charge in [-0.15, -0.1) is 0 Å². The lowest BCUT2D eigenvalue weighted by atomic mass is 10.1. The molecule has 0 unspecified atom stereocenters. The van der Waals surface area contributed by atoms with Gasteiger partial charge >= 0.3 is 0 Å². The molecule has 0 fully saturated rings. The maximum atomic E-state index is 13.0. The molecule has 0 radical (unpaired) electrons. The summed E-state index contributed by atoms with van der Waals surface area (Å²) in [7, 11) is -2.37. The van der Waals surface area contributed by atoms with Crippen molar-refractivity contribution in [3.63, 3.8) is 0 Å². The SMILES string of the molecule is CCN(CC)S(=O)(=O)c1cc(C(=O)NCc2cccc(Cn3cccn3)c2)ccc1OC. The summed E-state index contributed by atoms with van der Waals surface area (Å²) >= 11 is 0. The van der Waals surface area contributed by atoms with Gasteiger partial charge in [-0.05, 0) is 35.4 Å². The number of aromatic nitrogens is 2. The lowest BCUT2D eigenvalue weighted by Crippen LogP contribution is -2.31. The lowest BCUT2D eigenvalue weighted by molar-refractivity contribution is 0.0950. The van der Waals surface area contributed by atoms with E-state index in [4.69, 9.17) is 4.74 Å². The molecule has 0 saturated heterocycles. The number of sulfonamides is 1. The molecule has 1 aromatic heterocycles. The Morgan fingerprint density at radius 1 is 1.09 bits per heavy atom. The van der Waals surface area contributed by atoms with E-state index < -0.39 is 10.0 Å². The maximum Gasteiger partial charge on any atom is 0.251 e. The van der Waals surface area contributed by atoms with Crippen molar-refractivity contribution in [2.24, 2.45) is 0 Å². The second-order valence-corrected chi connectivity index (χ2v) is 9.07. The van der Waals surface area contributed by atoms with Crippen LogP contribution >= 0.6 is 0 Å². The van der Waals surface area contributed by atoms with E-state index in [9.17, 15) is 13.2 Å². The summed E-state index contributed by atoms with van der Waals surface area (Å²) in [5.74, 6) is -0.152. The molecule has 170 valence electrons. The fourth-order valence-corrected chi connectivity index (χ4v) is 5.07. The zero-order valence-electron chi connectivity index (χ0n) is 18.5. The predicted octanol–water partition coefficient (Wildman–Crippen LogP) is 2.90. The molecule has 1 amide bonds. The highest BCUT2D eigenvalue weighted by atomic mass is 32.2. The van der Waals surface area contributed by atoms with E-state index in [-0.39, 0.29) is 22.1 Å². The summed E-state index contributed by atoms with van der Waals surface area (Å²) in [6.07, 6.45) is 3.62. The van der Waals surface area contributed by atoms with Gasteiger partial charge in [0, 0.05) is 37.6 Å². The van der Waals surface area contributed by atoms with Gasteiger partial charge in [-0.25, -0.2) is 8.42 Å². The molecular weight excluding hydrogens is 428 g/mol. The number of rotatable bonds is 10. The summed E-state index contributed by atoms with van der Waals surface area (Å²) in [6, 6.07) is 14.2. The zero-order chi connectivity index (χ0) is 23.1.